The van der Waals surface area contributed by atoms with Gasteiger partial charge in [0.2, 0.25) is 0 Å². The van der Waals surface area contributed by atoms with E-state index in [1.165, 1.54) is 15.6 Å². The zero-order valence-corrected chi connectivity index (χ0v) is 16.1. The summed E-state index contributed by atoms with van der Waals surface area (Å²) in [7, 11) is 1.66. The third-order valence-electron chi connectivity index (χ3n) is 5.38. The second kappa shape index (κ2) is 7.71. The number of carboxylic acid groups (broad SMARTS) is 1. The Morgan fingerprint density at radius 3 is 2.89 bits per heavy atom. The Kier molecular flexibility index (Phi) is 5.14. The monoisotopic (exact) mass is 381 g/mol. The van der Waals surface area contributed by atoms with Crippen molar-refractivity contribution in [1.29, 1.82) is 0 Å². The number of carbonyl (C=O) groups is 1. The number of aliphatic carboxylic acids is 1. The van der Waals surface area contributed by atoms with Crippen molar-refractivity contribution >= 4 is 27.4 Å². The lowest BCUT2D eigenvalue weighted by Crippen LogP contribution is -2.46. The molecule has 1 saturated heterocycles. The molecule has 0 saturated carbocycles. The summed E-state index contributed by atoms with van der Waals surface area (Å²) in [5.74, 6) is 0.0584. The topological polar surface area (TPSA) is 49.8 Å². The van der Waals surface area contributed by atoms with Crippen molar-refractivity contribution in [2.75, 3.05) is 13.7 Å². The summed E-state index contributed by atoms with van der Waals surface area (Å²) in [5, 5.41) is 13.2. The van der Waals surface area contributed by atoms with E-state index in [0.29, 0.717) is 6.42 Å². The number of hydrogen-bond acceptors (Lipinski definition) is 4. The van der Waals surface area contributed by atoms with Crippen molar-refractivity contribution in [3.05, 3.63) is 65.0 Å². The van der Waals surface area contributed by atoms with Crippen LogP contribution in [0.1, 0.15) is 36.4 Å². The van der Waals surface area contributed by atoms with Crippen molar-refractivity contribution in [3.8, 4) is 5.75 Å². The van der Waals surface area contributed by atoms with Crippen molar-refractivity contribution in [2.24, 2.45) is 0 Å². The SMILES string of the molecule is COc1cccc(C(c2csc3ccccc23)N2CCCCC2C(=O)O)c1. The summed E-state index contributed by atoms with van der Waals surface area (Å²) < 4.78 is 6.67. The van der Waals surface area contributed by atoms with Gasteiger partial charge < -0.3 is 9.84 Å². The first kappa shape index (κ1) is 18.0. The van der Waals surface area contributed by atoms with Crippen LogP contribution in [0.4, 0.5) is 0 Å². The first-order chi connectivity index (χ1) is 13.2. The molecule has 4 rings (SSSR count). The minimum absolute atomic E-state index is 0.0994. The summed E-state index contributed by atoms with van der Waals surface area (Å²) in [5.41, 5.74) is 2.25. The highest BCUT2D eigenvalue weighted by molar-refractivity contribution is 7.17. The number of likely N-dealkylation sites (tertiary alicyclic amines) is 1. The van der Waals surface area contributed by atoms with E-state index in [2.05, 4.69) is 28.5 Å². The van der Waals surface area contributed by atoms with Gasteiger partial charge in [-0.1, -0.05) is 36.8 Å². The number of hydrogen-bond donors (Lipinski definition) is 1. The number of ether oxygens (including phenoxy) is 1. The molecule has 2 unspecified atom stereocenters. The van der Waals surface area contributed by atoms with Crippen molar-refractivity contribution < 1.29 is 14.6 Å². The Balaban J connectivity index is 1.88. The van der Waals surface area contributed by atoms with Gasteiger partial charge in [-0.3, -0.25) is 9.69 Å². The van der Waals surface area contributed by atoms with Crippen molar-refractivity contribution in [3.63, 3.8) is 0 Å². The average molecular weight is 381 g/mol. The molecule has 2 atom stereocenters. The van der Waals surface area contributed by atoms with Crippen LogP contribution >= 0.6 is 11.3 Å². The standard InChI is InChI=1S/C22H23NO3S/c1-26-16-8-6-7-15(13-16)21(23-12-5-4-10-19(23)22(24)25)18-14-27-20-11-3-2-9-17(18)20/h2-3,6-9,11,13-14,19,21H,4-5,10,12H2,1H3,(H,24,25). The summed E-state index contributed by atoms with van der Waals surface area (Å²) in [6, 6.07) is 15.8. The predicted octanol–water partition coefficient (Wildman–Crippen LogP) is 4.94. The van der Waals surface area contributed by atoms with Gasteiger partial charge in [-0.2, -0.15) is 0 Å². The number of benzene rings is 2. The highest BCUT2D eigenvalue weighted by Gasteiger charge is 2.36. The quantitative estimate of drug-likeness (QED) is 0.680. The zero-order chi connectivity index (χ0) is 18.8. The molecule has 2 heterocycles. The van der Waals surface area contributed by atoms with Crippen molar-refractivity contribution in [2.45, 2.75) is 31.3 Å². The molecule has 0 amide bonds. The van der Waals surface area contributed by atoms with Crippen LogP contribution in [-0.4, -0.2) is 35.7 Å². The van der Waals surface area contributed by atoms with E-state index in [1.54, 1.807) is 18.4 Å². The van der Waals surface area contributed by atoms with Gasteiger partial charge in [0.05, 0.1) is 13.2 Å². The molecule has 140 valence electrons. The maximum atomic E-state index is 12.0. The normalized spacial score (nSPS) is 19.1. The number of rotatable bonds is 5. The molecule has 3 aromatic rings. The van der Waals surface area contributed by atoms with Gasteiger partial charge in [-0.25, -0.2) is 0 Å². The molecular formula is C22H23NO3S. The lowest BCUT2D eigenvalue weighted by atomic mass is 9.91. The van der Waals surface area contributed by atoms with E-state index >= 15 is 0 Å². The first-order valence-electron chi connectivity index (χ1n) is 9.27. The van der Waals surface area contributed by atoms with Gasteiger partial charge >= 0.3 is 5.97 Å². The maximum absolute atomic E-state index is 12.0. The lowest BCUT2D eigenvalue weighted by Gasteiger charge is -2.39. The van der Waals surface area contributed by atoms with Gasteiger partial charge in [-0.05, 0) is 59.5 Å². The summed E-state index contributed by atoms with van der Waals surface area (Å²) >= 11 is 1.72. The minimum Gasteiger partial charge on any atom is -0.497 e. The van der Waals surface area contributed by atoms with Crippen LogP contribution in [0.5, 0.6) is 5.75 Å². The van der Waals surface area contributed by atoms with Gasteiger partial charge in [0, 0.05) is 4.70 Å². The molecule has 0 aliphatic carbocycles. The molecule has 0 spiro atoms. The third-order valence-corrected chi connectivity index (χ3v) is 6.36. The minimum atomic E-state index is -0.734. The van der Waals surface area contributed by atoms with Crippen LogP contribution in [-0.2, 0) is 4.79 Å². The van der Waals surface area contributed by atoms with Gasteiger partial charge in [-0.15, -0.1) is 11.3 Å². The Labute approximate surface area is 163 Å². The van der Waals surface area contributed by atoms with E-state index in [-0.39, 0.29) is 6.04 Å². The van der Waals surface area contributed by atoms with E-state index in [4.69, 9.17) is 4.74 Å². The molecule has 4 nitrogen and oxygen atoms in total. The Morgan fingerprint density at radius 1 is 1.22 bits per heavy atom. The van der Waals surface area contributed by atoms with Crippen LogP contribution in [0.25, 0.3) is 10.1 Å². The number of carboxylic acids is 1. The van der Waals surface area contributed by atoms with Crippen LogP contribution in [0.3, 0.4) is 0 Å². The number of nitrogens with zero attached hydrogens (tertiary/aromatic N) is 1. The van der Waals surface area contributed by atoms with Gasteiger partial charge in [0.1, 0.15) is 11.8 Å². The van der Waals surface area contributed by atoms with Crippen LogP contribution in [0, 0.1) is 0 Å². The molecule has 0 bridgehead atoms. The van der Waals surface area contributed by atoms with Gasteiger partial charge in [0.15, 0.2) is 0 Å². The fourth-order valence-electron chi connectivity index (χ4n) is 4.10. The molecular weight excluding hydrogens is 358 g/mol. The molecule has 2 aromatic carbocycles. The third kappa shape index (κ3) is 3.45. The second-order valence-electron chi connectivity index (χ2n) is 6.95. The maximum Gasteiger partial charge on any atom is 0.320 e. The molecule has 1 N–H and O–H groups in total. The molecule has 1 aliphatic rings. The molecule has 5 heteroatoms. The lowest BCUT2D eigenvalue weighted by molar-refractivity contribution is -0.145. The molecule has 1 fully saturated rings. The van der Waals surface area contributed by atoms with Gasteiger partial charge in [0.25, 0.3) is 0 Å². The van der Waals surface area contributed by atoms with E-state index in [1.807, 2.05) is 30.3 Å². The molecule has 1 aliphatic heterocycles. The summed E-state index contributed by atoms with van der Waals surface area (Å²) in [6.45, 7) is 0.781. The van der Waals surface area contributed by atoms with Crippen LogP contribution < -0.4 is 4.74 Å². The smallest absolute Gasteiger partial charge is 0.320 e. The zero-order valence-electron chi connectivity index (χ0n) is 15.3. The van der Waals surface area contributed by atoms with Crippen LogP contribution in [0.2, 0.25) is 0 Å². The fourth-order valence-corrected chi connectivity index (χ4v) is 5.08. The second-order valence-corrected chi connectivity index (χ2v) is 7.87. The van der Waals surface area contributed by atoms with E-state index in [0.717, 1.165) is 30.7 Å². The highest BCUT2D eigenvalue weighted by atomic mass is 32.1. The summed E-state index contributed by atoms with van der Waals surface area (Å²) in [6.07, 6.45) is 2.67. The number of piperidine rings is 1. The van der Waals surface area contributed by atoms with E-state index in [9.17, 15) is 9.90 Å². The first-order valence-corrected chi connectivity index (χ1v) is 10.2. The Hall–Kier alpha value is -2.37. The largest absolute Gasteiger partial charge is 0.497 e. The molecule has 0 radical (unpaired) electrons. The van der Waals surface area contributed by atoms with Crippen molar-refractivity contribution in [1.82, 2.24) is 4.90 Å². The predicted molar refractivity (Wildman–Crippen MR) is 109 cm³/mol. The molecule has 27 heavy (non-hydrogen) atoms. The highest BCUT2D eigenvalue weighted by Crippen LogP contribution is 2.40. The van der Waals surface area contributed by atoms with E-state index < -0.39 is 12.0 Å². The average Bonchev–Trinajstić information content (AvgIpc) is 3.13. The number of fused-ring (bicyclic) bond motifs is 1. The Morgan fingerprint density at radius 2 is 2.07 bits per heavy atom. The fraction of sp³-hybridized carbons (Fsp3) is 0.318. The summed E-state index contributed by atoms with van der Waals surface area (Å²) in [4.78, 5) is 14.2. The van der Waals surface area contributed by atoms with Crippen LogP contribution in [0.15, 0.2) is 53.9 Å². The number of thiophene rings is 1. The Bertz CT molecular complexity index is 951. The molecule has 1 aromatic heterocycles. The number of methoxy groups -OCH3 is 1.